The molecule has 0 spiro atoms. The first-order valence-electron chi connectivity index (χ1n) is 4.78. The number of likely N-dealkylation sites (N-methyl/N-ethyl adjacent to an activating group) is 2. The van der Waals surface area contributed by atoms with Crippen molar-refractivity contribution < 1.29 is 0 Å². The van der Waals surface area contributed by atoms with Crippen molar-refractivity contribution in [2.75, 3.05) is 34.2 Å². The second-order valence-electron chi connectivity index (χ2n) is 3.72. The second kappa shape index (κ2) is 4.77. The molecule has 1 aliphatic rings. The number of thiocarbonyl (C=S) groups is 1. The summed E-state index contributed by atoms with van der Waals surface area (Å²) in [4.78, 5) is 4.54. The molecular formula is C9H19N3S. The van der Waals surface area contributed by atoms with E-state index in [9.17, 15) is 0 Å². The Morgan fingerprint density at radius 2 is 2.31 bits per heavy atom. The highest BCUT2D eigenvalue weighted by molar-refractivity contribution is 7.80. The van der Waals surface area contributed by atoms with Crippen LogP contribution in [0, 0.1) is 0 Å². The lowest BCUT2D eigenvalue weighted by atomic mass is 10.1. The molecule has 0 radical (unpaired) electrons. The van der Waals surface area contributed by atoms with Crippen LogP contribution in [0.2, 0.25) is 0 Å². The van der Waals surface area contributed by atoms with Crippen molar-refractivity contribution >= 4 is 17.3 Å². The van der Waals surface area contributed by atoms with E-state index in [1.165, 1.54) is 19.4 Å². The quantitative estimate of drug-likeness (QED) is 0.623. The molecule has 1 heterocycles. The zero-order chi connectivity index (χ0) is 9.84. The van der Waals surface area contributed by atoms with Gasteiger partial charge in [-0.25, -0.2) is 0 Å². The number of likely N-dealkylation sites (tertiary alicyclic amines) is 1. The van der Waals surface area contributed by atoms with Crippen LogP contribution in [0.25, 0.3) is 0 Å². The SMILES string of the molecule is CNC(=S)N(C)C1CCCN(C)C1. The molecule has 0 aromatic rings. The van der Waals surface area contributed by atoms with Gasteiger partial charge in [0.2, 0.25) is 0 Å². The normalized spacial score (nSPS) is 24.1. The third-order valence-corrected chi connectivity index (χ3v) is 3.17. The Balaban J connectivity index is 2.45. The van der Waals surface area contributed by atoms with Gasteiger partial charge in [0, 0.05) is 26.7 Å². The third-order valence-electron chi connectivity index (χ3n) is 2.68. The fourth-order valence-corrected chi connectivity index (χ4v) is 1.95. The summed E-state index contributed by atoms with van der Waals surface area (Å²) in [5, 5.41) is 3.86. The second-order valence-corrected chi connectivity index (χ2v) is 4.11. The summed E-state index contributed by atoms with van der Waals surface area (Å²) in [6.45, 7) is 2.34. The molecular weight excluding hydrogens is 182 g/mol. The Morgan fingerprint density at radius 3 is 2.85 bits per heavy atom. The fourth-order valence-electron chi connectivity index (χ4n) is 1.80. The summed E-state index contributed by atoms with van der Waals surface area (Å²) in [5.41, 5.74) is 0. The summed E-state index contributed by atoms with van der Waals surface area (Å²) in [5.74, 6) is 0. The Morgan fingerprint density at radius 1 is 1.62 bits per heavy atom. The highest BCUT2D eigenvalue weighted by Gasteiger charge is 2.21. The van der Waals surface area contributed by atoms with E-state index in [1.54, 1.807) is 0 Å². The van der Waals surface area contributed by atoms with Crippen LogP contribution >= 0.6 is 12.2 Å². The van der Waals surface area contributed by atoms with Crippen LogP contribution in [0.15, 0.2) is 0 Å². The number of rotatable bonds is 1. The van der Waals surface area contributed by atoms with Gasteiger partial charge in [-0.3, -0.25) is 0 Å². The number of nitrogens with one attached hydrogen (secondary N) is 1. The lowest BCUT2D eigenvalue weighted by Crippen LogP contribution is -2.49. The van der Waals surface area contributed by atoms with Crippen LogP contribution in [-0.2, 0) is 0 Å². The minimum atomic E-state index is 0.582. The average Bonchev–Trinajstić information content (AvgIpc) is 2.15. The number of nitrogens with zero attached hydrogens (tertiary/aromatic N) is 2. The fraction of sp³-hybridized carbons (Fsp3) is 0.889. The molecule has 0 aromatic heterocycles. The van der Waals surface area contributed by atoms with Crippen molar-refractivity contribution in [1.29, 1.82) is 0 Å². The molecule has 0 aromatic carbocycles. The van der Waals surface area contributed by atoms with Crippen molar-refractivity contribution in [2.24, 2.45) is 0 Å². The van der Waals surface area contributed by atoms with Crippen molar-refractivity contribution in [3.8, 4) is 0 Å². The lowest BCUT2D eigenvalue weighted by Gasteiger charge is -2.36. The molecule has 1 saturated heterocycles. The molecule has 0 amide bonds. The van der Waals surface area contributed by atoms with Gasteiger partial charge in [0.25, 0.3) is 0 Å². The maximum absolute atomic E-state index is 5.19. The van der Waals surface area contributed by atoms with E-state index < -0.39 is 0 Å². The molecule has 1 fully saturated rings. The van der Waals surface area contributed by atoms with Crippen LogP contribution in [0.3, 0.4) is 0 Å². The van der Waals surface area contributed by atoms with Gasteiger partial charge in [-0.05, 0) is 38.7 Å². The van der Waals surface area contributed by atoms with Crippen molar-refractivity contribution in [3.05, 3.63) is 0 Å². The highest BCUT2D eigenvalue weighted by atomic mass is 32.1. The van der Waals surface area contributed by atoms with Gasteiger partial charge in [0.1, 0.15) is 0 Å². The molecule has 0 aliphatic carbocycles. The van der Waals surface area contributed by atoms with E-state index in [1.807, 2.05) is 7.05 Å². The molecule has 4 heteroatoms. The topological polar surface area (TPSA) is 18.5 Å². The van der Waals surface area contributed by atoms with Gasteiger partial charge in [-0.15, -0.1) is 0 Å². The maximum atomic E-state index is 5.19. The maximum Gasteiger partial charge on any atom is 0.168 e. The number of hydrogen-bond acceptors (Lipinski definition) is 2. The van der Waals surface area contributed by atoms with Crippen molar-refractivity contribution in [3.63, 3.8) is 0 Å². The molecule has 1 N–H and O–H groups in total. The van der Waals surface area contributed by atoms with Crippen molar-refractivity contribution in [1.82, 2.24) is 15.1 Å². The smallest absolute Gasteiger partial charge is 0.168 e. The molecule has 76 valence electrons. The number of hydrogen-bond donors (Lipinski definition) is 1. The Hall–Kier alpha value is -0.350. The minimum absolute atomic E-state index is 0.582. The van der Waals surface area contributed by atoms with Gasteiger partial charge < -0.3 is 15.1 Å². The molecule has 0 saturated carbocycles. The molecule has 1 rings (SSSR count). The monoisotopic (exact) mass is 201 g/mol. The van der Waals surface area contributed by atoms with Gasteiger partial charge in [0.15, 0.2) is 5.11 Å². The van der Waals surface area contributed by atoms with Crippen LogP contribution in [0.1, 0.15) is 12.8 Å². The first kappa shape index (κ1) is 10.7. The minimum Gasteiger partial charge on any atom is -0.366 e. The standard InChI is InChI=1S/C9H19N3S/c1-10-9(13)12(3)8-5-4-6-11(2)7-8/h8H,4-7H2,1-3H3,(H,10,13). The zero-order valence-corrected chi connectivity index (χ0v) is 9.52. The van der Waals surface area contributed by atoms with E-state index in [0.29, 0.717) is 6.04 Å². The van der Waals surface area contributed by atoms with Crippen LogP contribution < -0.4 is 5.32 Å². The number of piperidine rings is 1. The van der Waals surface area contributed by atoms with Gasteiger partial charge in [-0.1, -0.05) is 0 Å². The predicted octanol–water partition coefficient (Wildman–Crippen LogP) is 0.517. The Kier molecular flexibility index (Phi) is 3.93. The van der Waals surface area contributed by atoms with Crippen LogP contribution in [0.4, 0.5) is 0 Å². The molecule has 1 unspecified atom stereocenters. The summed E-state index contributed by atoms with van der Waals surface area (Å²) in [7, 11) is 6.12. The first-order valence-corrected chi connectivity index (χ1v) is 5.19. The van der Waals surface area contributed by atoms with Crippen molar-refractivity contribution in [2.45, 2.75) is 18.9 Å². The van der Waals surface area contributed by atoms with E-state index in [-0.39, 0.29) is 0 Å². The van der Waals surface area contributed by atoms with E-state index in [4.69, 9.17) is 12.2 Å². The molecule has 13 heavy (non-hydrogen) atoms. The van der Waals surface area contributed by atoms with Gasteiger partial charge in [-0.2, -0.15) is 0 Å². The Labute approximate surface area is 86.1 Å². The summed E-state index contributed by atoms with van der Waals surface area (Å²) >= 11 is 5.19. The molecule has 1 aliphatic heterocycles. The van der Waals surface area contributed by atoms with E-state index >= 15 is 0 Å². The summed E-state index contributed by atoms with van der Waals surface area (Å²) in [6, 6.07) is 0.582. The highest BCUT2D eigenvalue weighted by Crippen LogP contribution is 2.13. The molecule has 1 atom stereocenters. The first-order chi connectivity index (χ1) is 6.15. The van der Waals surface area contributed by atoms with Gasteiger partial charge in [0.05, 0.1) is 0 Å². The van der Waals surface area contributed by atoms with Crippen LogP contribution in [-0.4, -0.2) is 55.2 Å². The van der Waals surface area contributed by atoms with E-state index in [0.717, 1.165) is 11.7 Å². The predicted molar refractivity (Wildman–Crippen MR) is 59.9 cm³/mol. The largest absolute Gasteiger partial charge is 0.366 e. The van der Waals surface area contributed by atoms with E-state index in [2.05, 4.69) is 29.2 Å². The molecule has 3 nitrogen and oxygen atoms in total. The molecule has 0 bridgehead atoms. The Bertz CT molecular complexity index is 184. The summed E-state index contributed by atoms with van der Waals surface area (Å²) < 4.78 is 0. The van der Waals surface area contributed by atoms with Crippen LogP contribution in [0.5, 0.6) is 0 Å². The third kappa shape index (κ3) is 2.81. The zero-order valence-electron chi connectivity index (χ0n) is 8.71. The average molecular weight is 201 g/mol. The lowest BCUT2D eigenvalue weighted by molar-refractivity contribution is 0.181. The van der Waals surface area contributed by atoms with Gasteiger partial charge >= 0.3 is 0 Å². The summed E-state index contributed by atoms with van der Waals surface area (Å²) in [6.07, 6.45) is 2.53.